The van der Waals surface area contributed by atoms with Gasteiger partial charge < -0.3 is 9.47 Å². The van der Waals surface area contributed by atoms with Crippen LogP contribution in [0.5, 0.6) is 0 Å². The van der Waals surface area contributed by atoms with Crippen LogP contribution >= 0.6 is 15.9 Å². The number of rotatable bonds is 5. The third kappa shape index (κ3) is 3.94. The molecule has 2 rings (SSSR count). The largest absolute Gasteiger partial charge is 0.376 e. The first-order chi connectivity index (χ1) is 8.78. The summed E-state index contributed by atoms with van der Waals surface area (Å²) in [7, 11) is 0. The van der Waals surface area contributed by atoms with Crippen molar-refractivity contribution in [2.45, 2.75) is 70.0 Å². The van der Waals surface area contributed by atoms with Crippen molar-refractivity contribution in [3.63, 3.8) is 0 Å². The lowest BCUT2D eigenvalue weighted by molar-refractivity contribution is -0.114. The van der Waals surface area contributed by atoms with Crippen molar-refractivity contribution in [1.82, 2.24) is 0 Å². The van der Waals surface area contributed by atoms with E-state index in [2.05, 4.69) is 22.9 Å². The smallest absolute Gasteiger partial charge is 0.0808 e. The van der Waals surface area contributed by atoms with Crippen molar-refractivity contribution in [1.29, 1.82) is 0 Å². The monoisotopic (exact) mass is 318 g/mol. The van der Waals surface area contributed by atoms with Gasteiger partial charge in [0.1, 0.15) is 0 Å². The molecule has 1 aliphatic heterocycles. The van der Waals surface area contributed by atoms with Gasteiger partial charge in [-0.25, -0.2) is 0 Å². The van der Waals surface area contributed by atoms with E-state index in [1.54, 1.807) is 0 Å². The Morgan fingerprint density at radius 1 is 1.22 bits per heavy atom. The number of ether oxygens (including phenoxy) is 2. The Kier molecular flexibility index (Phi) is 5.96. The van der Waals surface area contributed by atoms with Crippen LogP contribution in [0.4, 0.5) is 0 Å². The fourth-order valence-corrected chi connectivity index (χ4v) is 3.86. The average molecular weight is 319 g/mol. The van der Waals surface area contributed by atoms with E-state index in [-0.39, 0.29) is 5.60 Å². The molecule has 0 aromatic heterocycles. The average Bonchev–Trinajstić information content (AvgIpc) is 2.47. The van der Waals surface area contributed by atoms with Gasteiger partial charge in [-0.1, -0.05) is 29.3 Å². The van der Waals surface area contributed by atoms with E-state index < -0.39 is 0 Å². The third-order valence-electron chi connectivity index (χ3n) is 4.69. The molecule has 0 amide bonds. The standard InChI is InChI=1S/C15H27BrO2/c1-2-13-6-8-15(12-16,9-7-13)18-11-14-5-3-4-10-17-14/h13-14H,2-12H2,1H3. The van der Waals surface area contributed by atoms with E-state index in [0.29, 0.717) is 6.10 Å². The van der Waals surface area contributed by atoms with Crippen molar-refractivity contribution in [2.75, 3.05) is 18.5 Å². The second-order valence-corrected chi connectivity index (χ2v) is 6.53. The molecule has 18 heavy (non-hydrogen) atoms. The maximum absolute atomic E-state index is 6.28. The maximum atomic E-state index is 6.28. The van der Waals surface area contributed by atoms with E-state index >= 15 is 0 Å². The second-order valence-electron chi connectivity index (χ2n) is 5.97. The first kappa shape index (κ1) is 14.8. The van der Waals surface area contributed by atoms with Crippen LogP contribution in [0.2, 0.25) is 0 Å². The summed E-state index contributed by atoms with van der Waals surface area (Å²) in [6.45, 7) is 4.03. The zero-order valence-corrected chi connectivity index (χ0v) is 13.2. The predicted molar refractivity (Wildman–Crippen MR) is 78.3 cm³/mol. The molecule has 0 bridgehead atoms. The minimum atomic E-state index is 0.0898. The van der Waals surface area contributed by atoms with Crippen LogP contribution in [-0.2, 0) is 9.47 Å². The van der Waals surface area contributed by atoms with Crippen LogP contribution in [0.1, 0.15) is 58.3 Å². The van der Waals surface area contributed by atoms with Gasteiger partial charge in [-0.2, -0.15) is 0 Å². The minimum absolute atomic E-state index is 0.0898. The molecular weight excluding hydrogens is 292 g/mol. The van der Waals surface area contributed by atoms with Gasteiger partial charge in [-0.05, 0) is 50.9 Å². The fraction of sp³-hybridized carbons (Fsp3) is 1.00. The van der Waals surface area contributed by atoms with Crippen molar-refractivity contribution < 1.29 is 9.47 Å². The molecule has 0 aromatic carbocycles. The lowest BCUT2D eigenvalue weighted by Gasteiger charge is -2.40. The molecule has 2 fully saturated rings. The topological polar surface area (TPSA) is 18.5 Å². The quantitative estimate of drug-likeness (QED) is 0.703. The first-order valence-corrected chi connectivity index (χ1v) is 8.71. The highest BCUT2D eigenvalue weighted by Gasteiger charge is 2.35. The van der Waals surface area contributed by atoms with Gasteiger partial charge in [-0.3, -0.25) is 0 Å². The molecule has 1 atom stereocenters. The Morgan fingerprint density at radius 2 is 2.00 bits per heavy atom. The summed E-state index contributed by atoms with van der Waals surface area (Å²) in [5, 5.41) is 0.975. The predicted octanol–water partition coefficient (Wildman–Crippen LogP) is 4.31. The third-order valence-corrected chi connectivity index (χ3v) is 5.71. The molecule has 0 N–H and O–H groups in total. The van der Waals surface area contributed by atoms with Crippen molar-refractivity contribution in [3.8, 4) is 0 Å². The Labute approximate surface area is 120 Å². The summed E-state index contributed by atoms with van der Waals surface area (Å²) in [4.78, 5) is 0. The summed E-state index contributed by atoms with van der Waals surface area (Å²) in [5.74, 6) is 0.923. The van der Waals surface area contributed by atoms with Crippen LogP contribution in [0.15, 0.2) is 0 Å². The molecule has 0 spiro atoms. The summed E-state index contributed by atoms with van der Waals surface area (Å²) in [6.07, 6.45) is 10.4. The molecule has 0 radical (unpaired) electrons. The summed E-state index contributed by atoms with van der Waals surface area (Å²) in [6, 6.07) is 0. The normalized spacial score (nSPS) is 37.7. The number of hydrogen-bond donors (Lipinski definition) is 0. The summed E-state index contributed by atoms with van der Waals surface area (Å²) in [5.41, 5.74) is 0.0898. The van der Waals surface area contributed by atoms with Crippen LogP contribution in [0, 0.1) is 5.92 Å². The summed E-state index contributed by atoms with van der Waals surface area (Å²) < 4.78 is 12.0. The molecule has 0 aromatic rings. The molecule has 106 valence electrons. The van der Waals surface area contributed by atoms with Crippen molar-refractivity contribution in [3.05, 3.63) is 0 Å². The van der Waals surface area contributed by atoms with Gasteiger partial charge in [0.05, 0.1) is 18.3 Å². The van der Waals surface area contributed by atoms with Crippen LogP contribution in [0.3, 0.4) is 0 Å². The van der Waals surface area contributed by atoms with Crippen LogP contribution < -0.4 is 0 Å². The molecule has 1 aliphatic carbocycles. The fourth-order valence-electron chi connectivity index (χ4n) is 3.14. The molecule has 1 saturated carbocycles. The molecular formula is C15H27BrO2. The molecule has 3 heteroatoms. The van der Waals surface area contributed by atoms with Gasteiger partial charge in [-0.15, -0.1) is 0 Å². The second kappa shape index (κ2) is 7.25. The lowest BCUT2D eigenvalue weighted by Crippen LogP contribution is -2.41. The Morgan fingerprint density at radius 3 is 2.56 bits per heavy atom. The van der Waals surface area contributed by atoms with Gasteiger partial charge in [0.2, 0.25) is 0 Å². The zero-order valence-electron chi connectivity index (χ0n) is 11.6. The van der Waals surface area contributed by atoms with Gasteiger partial charge in [0.15, 0.2) is 0 Å². The minimum Gasteiger partial charge on any atom is -0.376 e. The van der Waals surface area contributed by atoms with Gasteiger partial charge in [0, 0.05) is 11.9 Å². The SMILES string of the molecule is CCC1CCC(CBr)(OCC2CCCCO2)CC1. The van der Waals surface area contributed by atoms with E-state index in [0.717, 1.165) is 24.5 Å². The van der Waals surface area contributed by atoms with Gasteiger partial charge in [0.25, 0.3) is 0 Å². The molecule has 1 unspecified atom stereocenters. The molecule has 1 saturated heterocycles. The van der Waals surface area contributed by atoms with E-state index in [9.17, 15) is 0 Å². The summed E-state index contributed by atoms with van der Waals surface area (Å²) >= 11 is 3.67. The highest BCUT2D eigenvalue weighted by Crippen LogP contribution is 2.37. The van der Waals surface area contributed by atoms with E-state index in [4.69, 9.17) is 9.47 Å². The first-order valence-electron chi connectivity index (χ1n) is 7.59. The Balaban J connectivity index is 1.77. The highest BCUT2D eigenvalue weighted by molar-refractivity contribution is 9.09. The Bertz CT molecular complexity index is 231. The van der Waals surface area contributed by atoms with Crippen LogP contribution in [-0.4, -0.2) is 30.2 Å². The molecule has 2 nitrogen and oxygen atoms in total. The van der Waals surface area contributed by atoms with E-state index in [1.165, 1.54) is 51.4 Å². The zero-order chi connectivity index (χ0) is 12.8. The van der Waals surface area contributed by atoms with Gasteiger partial charge >= 0.3 is 0 Å². The van der Waals surface area contributed by atoms with Crippen LogP contribution in [0.25, 0.3) is 0 Å². The maximum Gasteiger partial charge on any atom is 0.0808 e. The van der Waals surface area contributed by atoms with Crippen molar-refractivity contribution in [2.24, 2.45) is 5.92 Å². The van der Waals surface area contributed by atoms with Crippen molar-refractivity contribution >= 4 is 15.9 Å². The molecule has 1 heterocycles. The number of halogens is 1. The molecule has 2 aliphatic rings. The number of hydrogen-bond acceptors (Lipinski definition) is 2. The highest BCUT2D eigenvalue weighted by atomic mass is 79.9. The number of alkyl halides is 1. The Hall–Kier alpha value is 0.400. The van der Waals surface area contributed by atoms with E-state index in [1.807, 2.05) is 0 Å². The lowest BCUT2D eigenvalue weighted by atomic mass is 9.78.